The Labute approximate surface area is 237 Å². The average molecular weight is 618 g/mol. The van der Waals surface area contributed by atoms with E-state index in [0.29, 0.717) is 17.5 Å². The summed E-state index contributed by atoms with van der Waals surface area (Å²) in [6.45, 7) is 2.51. The highest BCUT2D eigenvalue weighted by atomic mass is 35.5. The molecule has 1 aromatic carbocycles. The van der Waals surface area contributed by atoms with Crippen molar-refractivity contribution < 1.29 is 50.9 Å². The molecule has 4 aromatic rings. The van der Waals surface area contributed by atoms with Crippen LogP contribution in [0.25, 0.3) is 33.9 Å². The van der Waals surface area contributed by atoms with Gasteiger partial charge in [-0.15, -0.1) is 0 Å². The Morgan fingerprint density at radius 1 is 0.952 bits per heavy atom. The molecule has 0 amide bonds. The van der Waals surface area contributed by atoms with Crippen molar-refractivity contribution >= 4 is 35.0 Å². The molecule has 0 atom stereocenters. The summed E-state index contributed by atoms with van der Waals surface area (Å²) in [6, 6.07) is 11.4. The third-order valence-corrected chi connectivity index (χ3v) is 5.33. The average Bonchev–Trinajstić information content (AvgIpc) is 3.30. The normalized spacial score (nSPS) is 11.5. The van der Waals surface area contributed by atoms with Crippen molar-refractivity contribution in [2.45, 2.75) is 19.3 Å². The minimum atomic E-state index is -5.08. The topological polar surface area (TPSA) is 150 Å². The molecule has 4 N–H and O–H groups in total. The van der Waals surface area contributed by atoms with Gasteiger partial charge in [0.1, 0.15) is 23.1 Å². The molecule has 0 saturated heterocycles. The second-order valence-electron chi connectivity index (χ2n) is 7.93. The minimum absolute atomic E-state index is 0.556. The van der Waals surface area contributed by atoms with Crippen LogP contribution in [-0.4, -0.2) is 61.0 Å². The molecule has 0 unspecified atom stereocenters. The molecule has 10 nitrogen and oxygen atoms in total. The lowest BCUT2D eigenvalue weighted by atomic mass is 10.1. The molecular weight excluding hydrogens is 600 g/mol. The van der Waals surface area contributed by atoms with E-state index in [1.165, 1.54) is 0 Å². The number of rotatable bonds is 3. The highest BCUT2D eigenvalue weighted by molar-refractivity contribution is 6.31. The molecule has 0 radical (unpaired) electrons. The Morgan fingerprint density at radius 3 is 2.19 bits per heavy atom. The number of anilines is 2. The number of hydrogen-bond donors (Lipinski definition) is 4. The molecule has 0 fully saturated rings. The van der Waals surface area contributed by atoms with E-state index < -0.39 is 24.3 Å². The monoisotopic (exact) mass is 617 g/mol. The predicted molar refractivity (Wildman–Crippen MR) is 137 cm³/mol. The van der Waals surface area contributed by atoms with Gasteiger partial charge in [0, 0.05) is 28.5 Å². The van der Waals surface area contributed by atoms with E-state index in [1.807, 2.05) is 43.3 Å². The van der Waals surface area contributed by atoms with E-state index in [4.69, 9.17) is 41.1 Å². The van der Waals surface area contributed by atoms with Crippen molar-refractivity contribution in [3.63, 3.8) is 0 Å². The van der Waals surface area contributed by atoms with Crippen molar-refractivity contribution in [2.24, 2.45) is 0 Å². The summed E-state index contributed by atoms with van der Waals surface area (Å²) in [4.78, 5) is 34.9. The van der Waals surface area contributed by atoms with Gasteiger partial charge in [-0.2, -0.15) is 26.3 Å². The van der Waals surface area contributed by atoms with E-state index in [1.54, 1.807) is 18.6 Å². The predicted octanol–water partition coefficient (Wildman–Crippen LogP) is 6.58. The number of aliphatic carboxylic acids is 2. The number of benzene rings is 1. The smallest absolute Gasteiger partial charge is 0.490 e. The lowest BCUT2D eigenvalue weighted by Gasteiger charge is -2.10. The molecule has 1 aliphatic rings. The van der Waals surface area contributed by atoms with Gasteiger partial charge in [-0.1, -0.05) is 11.6 Å². The first-order valence-electron chi connectivity index (χ1n) is 11.4. The summed E-state index contributed by atoms with van der Waals surface area (Å²) in [5.74, 6) is -3.35. The van der Waals surface area contributed by atoms with Gasteiger partial charge in [-0.3, -0.25) is 4.98 Å². The maximum atomic E-state index is 10.6. The molecule has 0 bridgehead atoms. The summed E-state index contributed by atoms with van der Waals surface area (Å²) in [5.41, 5.74) is 5.29. The number of nitrogens with one attached hydrogen (secondary N) is 2. The van der Waals surface area contributed by atoms with Gasteiger partial charge >= 0.3 is 24.3 Å². The Hall–Kier alpha value is -4.86. The maximum Gasteiger partial charge on any atom is 0.490 e. The lowest BCUT2D eigenvalue weighted by Crippen LogP contribution is -2.21. The van der Waals surface area contributed by atoms with Crippen LogP contribution >= 0.6 is 11.6 Å². The summed E-state index contributed by atoms with van der Waals surface area (Å²) in [5, 5.41) is 18.2. The number of nitrogens with zero attached hydrogens (tertiary/aromatic N) is 3. The van der Waals surface area contributed by atoms with Crippen molar-refractivity contribution in [3.05, 3.63) is 60.0 Å². The van der Waals surface area contributed by atoms with E-state index in [-0.39, 0.29) is 0 Å². The molecule has 42 heavy (non-hydrogen) atoms. The summed E-state index contributed by atoms with van der Waals surface area (Å²) < 4.78 is 69.3. The summed E-state index contributed by atoms with van der Waals surface area (Å²) >= 11 is 6.26. The molecule has 222 valence electrons. The number of aromatic amines is 1. The van der Waals surface area contributed by atoms with E-state index >= 15 is 0 Å². The number of H-pyrrole nitrogens is 1. The number of ether oxygens (including phenoxy) is 1. The third kappa shape index (κ3) is 7.66. The Kier molecular flexibility index (Phi) is 9.62. The van der Waals surface area contributed by atoms with Gasteiger partial charge in [0.25, 0.3) is 0 Å². The van der Waals surface area contributed by atoms with Crippen LogP contribution in [0.4, 0.5) is 37.8 Å². The standard InChI is InChI=1S/C21H16ClN5O.2C2HF3O2/c1-2-28-17-6-5-12(22)10-15(17)21-26-18-13-7-9-23-11-16(13)25-20-14(19(18)27-21)4-3-8-24-20;2*3-2(4,5)1(6)7/h3-11H,2H2,1H3,(H,24,25)(H,26,27);2*(H,6,7). The first kappa shape index (κ1) is 31.7. The lowest BCUT2D eigenvalue weighted by molar-refractivity contribution is -0.193. The number of carboxylic acid groups (broad SMARTS) is 2. The van der Waals surface area contributed by atoms with Crippen LogP contribution in [0.2, 0.25) is 5.02 Å². The zero-order valence-corrected chi connectivity index (χ0v) is 21.8. The van der Waals surface area contributed by atoms with Crippen LogP contribution in [0.15, 0.2) is 55.0 Å². The fraction of sp³-hybridized carbons (Fsp3) is 0.160. The van der Waals surface area contributed by atoms with Gasteiger partial charge in [-0.05, 0) is 43.3 Å². The van der Waals surface area contributed by atoms with Crippen LogP contribution in [0.3, 0.4) is 0 Å². The fourth-order valence-electron chi connectivity index (χ4n) is 3.39. The first-order valence-corrected chi connectivity index (χ1v) is 11.8. The molecule has 5 rings (SSSR count). The number of aromatic nitrogens is 4. The van der Waals surface area contributed by atoms with E-state index in [9.17, 15) is 26.3 Å². The van der Waals surface area contributed by atoms with Crippen LogP contribution in [0.1, 0.15) is 6.92 Å². The van der Waals surface area contributed by atoms with Crippen LogP contribution < -0.4 is 10.1 Å². The highest BCUT2D eigenvalue weighted by Crippen LogP contribution is 2.43. The number of pyridine rings is 2. The SMILES string of the molecule is CCOc1ccc(Cl)cc1-c1nc2c([nH]1)-c1ccncc1Nc1ncccc1-2.O=C(O)C(F)(F)F.O=C(O)C(F)(F)F. The van der Waals surface area contributed by atoms with Crippen molar-refractivity contribution in [3.8, 4) is 39.7 Å². The molecular formula is C25H18ClF6N5O5. The third-order valence-electron chi connectivity index (χ3n) is 5.09. The number of alkyl halides is 6. The Balaban J connectivity index is 0.000000289. The molecule has 17 heteroatoms. The first-order chi connectivity index (χ1) is 19.6. The molecule has 0 aliphatic carbocycles. The molecule has 3 aromatic heterocycles. The highest BCUT2D eigenvalue weighted by Gasteiger charge is 2.38. The second kappa shape index (κ2) is 12.8. The van der Waals surface area contributed by atoms with Gasteiger partial charge in [0.05, 0.1) is 29.7 Å². The number of halogens is 7. The number of hydrogen-bond acceptors (Lipinski definition) is 7. The number of imidazole rings is 1. The molecule has 0 spiro atoms. The largest absolute Gasteiger partial charge is 0.493 e. The molecule has 0 saturated carbocycles. The van der Waals surface area contributed by atoms with E-state index in [0.717, 1.165) is 45.3 Å². The van der Waals surface area contributed by atoms with Crippen LogP contribution in [0, 0.1) is 0 Å². The van der Waals surface area contributed by atoms with Gasteiger partial charge in [0.15, 0.2) is 0 Å². The summed E-state index contributed by atoms with van der Waals surface area (Å²) in [6.07, 6.45) is -4.86. The van der Waals surface area contributed by atoms with Crippen LogP contribution in [-0.2, 0) is 9.59 Å². The van der Waals surface area contributed by atoms with Crippen molar-refractivity contribution in [1.82, 2.24) is 19.9 Å². The maximum absolute atomic E-state index is 10.6. The Morgan fingerprint density at radius 2 is 1.60 bits per heavy atom. The number of carbonyl (C=O) groups is 2. The van der Waals surface area contributed by atoms with Crippen molar-refractivity contribution in [2.75, 3.05) is 11.9 Å². The quantitative estimate of drug-likeness (QED) is 0.165. The molecule has 4 heterocycles. The van der Waals surface area contributed by atoms with Gasteiger partial charge < -0.3 is 25.3 Å². The van der Waals surface area contributed by atoms with Crippen LogP contribution in [0.5, 0.6) is 5.75 Å². The zero-order chi connectivity index (χ0) is 31.2. The molecule has 1 aliphatic heterocycles. The van der Waals surface area contributed by atoms with Gasteiger partial charge in [0.2, 0.25) is 0 Å². The number of fused-ring (bicyclic) bond motifs is 5. The van der Waals surface area contributed by atoms with Crippen molar-refractivity contribution in [1.29, 1.82) is 0 Å². The minimum Gasteiger partial charge on any atom is -0.493 e. The summed E-state index contributed by atoms with van der Waals surface area (Å²) in [7, 11) is 0. The van der Waals surface area contributed by atoms with E-state index in [2.05, 4.69) is 20.3 Å². The second-order valence-corrected chi connectivity index (χ2v) is 8.37. The zero-order valence-electron chi connectivity index (χ0n) is 21.0. The van der Waals surface area contributed by atoms with Gasteiger partial charge in [-0.25, -0.2) is 19.6 Å². The fourth-order valence-corrected chi connectivity index (χ4v) is 3.57. The Bertz CT molecular complexity index is 1510. The number of carboxylic acids is 2.